The molecule has 0 aliphatic rings. The lowest BCUT2D eigenvalue weighted by Crippen LogP contribution is -2.02. The molecule has 6 heteroatoms. The Morgan fingerprint density at radius 3 is 1.52 bits per heavy atom. The highest BCUT2D eigenvalue weighted by atomic mass is 79.9. The topological polar surface area (TPSA) is 40.5 Å². The number of rotatable bonds is 3. The molecule has 2 aromatic rings. The maximum absolute atomic E-state index is 10.1. The van der Waals surface area contributed by atoms with Gasteiger partial charge in [0, 0.05) is 5.92 Å². The SMILES string of the molecule is CCC(c1ccc(Br)c(O)c1Br)c1ccc(Br)c(O)c1Br. The van der Waals surface area contributed by atoms with Gasteiger partial charge in [-0.3, -0.25) is 0 Å². The average Bonchev–Trinajstić information content (AvgIpc) is 2.47. The first-order valence-electron chi connectivity index (χ1n) is 6.22. The van der Waals surface area contributed by atoms with Gasteiger partial charge < -0.3 is 10.2 Å². The van der Waals surface area contributed by atoms with E-state index in [-0.39, 0.29) is 17.4 Å². The summed E-state index contributed by atoms with van der Waals surface area (Å²) in [5.41, 5.74) is 1.95. The first kappa shape index (κ1) is 17.3. The van der Waals surface area contributed by atoms with Crippen molar-refractivity contribution in [2.45, 2.75) is 19.3 Å². The standard InChI is InChI=1S/C15H12Br4O2/c1-2-7(8-3-5-10(16)14(20)12(8)18)9-4-6-11(17)15(21)13(9)19/h3-7,20-21H,2H2,1H3. The maximum Gasteiger partial charge on any atom is 0.144 e. The van der Waals surface area contributed by atoms with Crippen LogP contribution in [0.2, 0.25) is 0 Å². The van der Waals surface area contributed by atoms with E-state index in [0.717, 1.165) is 17.5 Å². The summed E-state index contributed by atoms with van der Waals surface area (Å²) in [6.45, 7) is 2.07. The lowest BCUT2D eigenvalue weighted by molar-refractivity contribution is 0.465. The number of phenolic OH excluding ortho intramolecular Hbond substituents is 2. The van der Waals surface area contributed by atoms with Gasteiger partial charge in [0.15, 0.2) is 0 Å². The second-order valence-electron chi connectivity index (χ2n) is 4.56. The van der Waals surface area contributed by atoms with Crippen LogP contribution in [-0.2, 0) is 0 Å². The van der Waals surface area contributed by atoms with Gasteiger partial charge in [0.1, 0.15) is 11.5 Å². The van der Waals surface area contributed by atoms with Crippen molar-refractivity contribution in [3.05, 3.63) is 53.3 Å². The molecule has 0 unspecified atom stereocenters. The molecule has 0 radical (unpaired) electrons. The van der Waals surface area contributed by atoms with Crippen molar-refractivity contribution in [1.29, 1.82) is 0 Å². The van der Waals surface area contributed by atoms with Crippen LogP contribution in [-0.4, -0.2) is 10.2 Å². The number of benzene rings is 2. The van der Waals surface area contributed by atoms with Crippen LogP contribution in [0.4, 0.5) is 0 Å². The summed E-state index contributed by atoms with van der Waals surface area (Å²) in [5, 5.41) is 20.2. The lowest BCUT2D eigenvalue weighted by Gasteiger charge is -2.21. The maximum atomic E-state index is 10.1. The van der Waals surface area contributed by atoms with Crippen LogP contribution in [0.25, 0.3) is 0 Å². The van der Waals surface area contributed by atoms with Crippen LogP contribution < -0.4 is 0 Å². The van der Waals surface area contributed by atoms with Gasteiger partial charge >= 0.3 is 0 Å². The van der Waals surface area contributed by atoms with E-state index in [1.807, 2.05) is 24.3 Å². The molecule has 0 aromatic heterocycles. The summed E-state index contributed by atoms with van der Waals surface area (Å²) in [5.74, 6) is 0.415. The van der Waals surface area contributed by atoms with E-state index >= 15 is 0 Å². The van der Waals surface area contributed by atoms with Crippen molar-refractivity contribution in [1.82, 2.24) is 0 Å². The van der Waals surface area contributed by atoms with Crippen LogP contribution in [0.3, 0.4) is 0 Å². The van der Waals surface area contributed by atoms with Crippen LogP contribution in [0.1, 0.15) is 30.4 Å². The highest BCUT2D eigenvalue weighted by Gasteiger charge is 2.22. The molecule has 2 aromatic carbocycles. The number of aromatic hydroxyl groups is 2. The Kier molecular flexibility index (Phi) is 5.79. The van der Waals surface area contributed by atoms with Crippen molar-refractivity contribution in [2.24, 2.45) is 0 Å². The van der Waals surface area contributed by atoms with Crippen molar-refractivity contribution in [3.8, 4) is 11.5 Å². The molecule has 0 saturated carbocycles. The van der Waals surface area contributed by atoms with E-state index in [1.165, 1.54) is 0 Å². The Balaban J connectivity index is 2.61. The molecule has 0 saturated heterocycles. The molecule has 0 aliphatic carbocycles. The molecule has 0 amide bonds. The molecule has 21 heavy (non-hydrogen) atoms. The monoisotopic (exact) mass is 540 g/mol. The van der Waals surface area contributed by atoms with Crippen molar-refractivity contribution in [2.75, 3.05) is 0 Å². The zero-order valence-electron chi connectivity index (χ0n) is 11.0. The number of hydrogen-bond donors (Lipinski definition) is 2. The van der Waals surface area contributed by atoms with E-state index in [1.54, 1.807) is 0 Å². The minimum atomic E-state index is 0.0479. The summed E-state index contributed by atoms with van der Waals surface area (Å²) in [7, 11) is 0. The predicted molar refractivity (Wildman–Crippen MR) is 99.1 cm³/mol. The van der Waals surface area contributed by atoms with Gasteiger partial charge in [-0.1, -0.05) is 19.1 Å². The fourth-order valence-corrected chi connectivity index (χ4v) is 4.70. The molecule has 0 bridgehead atoms. The lowest BCUT2D eigenvalue weighted by atomic mass is 9.89. The quantitative estimate of drug-likeness (QED) is 0.453. The molecule has 2 nitrogen and oxygen atoms in total. The second kappa shape index (κ2) is 7.02. The van der Waals surface area contributed by atoms with Gasteiger partial charge in [0.25, 0.3) is 0 Å². The smallest absolute Gasteiger partial charge is 0.144 e. The van der Waals surface area contributed by atoms with Crippen LogP contribution in [0, 0.1) is 0 Å². The molecule has 0 fully saturated rings. The van der Waals surface area contributed by atoms with Gasteiger partial charge in [0.2, 0.25) is 0 Å². The number of halogens is 4. The molecule has 112 valence electrons. The van der Waals surface area contributed by atoms with E-state index < -0.39 is 0 Å². The van der Waals surface area contributed by atoms with Crippen molar-refractivity contribution < 1.29 is 10.2 Å². The molecule has 0 heterocycles. The summed E-state index contributed by atoms with van der Waals surface area (Å²) >= 11 is 13.5. The first-order chi connectivity index (χ1) is 9.88. The van der Waals surface area contributed by atoms with Gasteiger partial charge in [-0.15, -0.1) is 0 Å². The molecule has 2 rings (SSSR count). The Hall–Kier alpha value is -0.0400. The molecule has 0 spiro atoms. The summed E-state index contributed by atoms with van der Waals surface area (Å²) in [6.07, 6.45) is 0.833. The molecule has 0 atom stereocenters. The molecular formula is C15H12Br4O2. The molecule has 2 N–H and O–H groups in total. The largest absolute Gasteiger partial charge is 0.506 e. The summed E-state index contributed by atoms with van der Waals surface area (Å²) < 4.78 is 2.62. The highest BCUT2D eigenvalue weighted by molar-refractivity contribution is 9.11. The van der Waals surface area contributed by atoms with Crippen LogP contribution in [0.5, 0.6) is 11.5 Å². The summed E-state index contributed by atoms with van der Waals surface area (Å²) in [6, 6.07) is 7.58. The minimum absolute atomic E-state index is 0.0479. The molecular weight excluding hydrogens is 532 g/mol. The third-order valence-corrected chi connectivity index (χ3v) is 6.30. The van der Waals surface area contributed by atoms with E-state index in [0.29, 0.717) is 17.9 Å². The Labute approximate surface area is 157 Å². The highest BCUT2D eigenvalue weighted by Crippen LogP contribution is 2.45. The normalized spacial score (nSPS) is 11.1. The third-order valence-electron chi connectivity index (χ3n) is 3.35. The van der Waals surface area contributed by atoms with E-state index in [2.05, 4.69) is 70.6 Å². The van der Waals surface area contributed by atoms with Gasteiger partial charge in [-0.25, -0.2) is 0 Å². The molecule has 0 aliphatic heterocycles. The fraction of sp³-hybridized carbons (Fsp3) is 0.200. The third kappa shape index (κ3) is 3.33. The number of phenols is 2. The summed E-state index contributed by atoms with van der Waals surface area (Å²) in [4.78, 5) is 0. The van der Waals surface area contributed by atoms with E-state index in [4.69, 9.17) is 0 Å². The zero-order valence-corrected chi connectivity index (χ0v) is 17.3. The Morgan fingerprint density at radius 1 is 0.810 bits per heavy atom. The van der Waals surface area contributed by atoms with Crippen LogP contribution >= 0.6 is 63.7 Å². The van der Waals surface area contributed by atoms with E-state index in [9.17, 15) is 10.2 Å². The van der Waals surface area contributed by atoms with Crippen LogP contribution in [0.15, 0.2) is 42.2 Å². The first-order valence-corrected chi connectivity index (χ1v) is 9.39. The average molecular weight is 544 g/mol. The fourth-order valence-electron chi connectivity index (χ4n) is 2.26. The van der Waals surface area contributed by atoms with Gasteiger partial charge in [-0.05, 0) is 93.4 Å². The Bertz CT molecular complexity index is 628. The minimum Gasteiger partial charge on any atom is -0.506 e. The second-order valence-corrected chi connectivity index (χ2v) is 7.85. The van der Waals surface area contributed by atoms with Gasteiger partial charge in [0.05, 0.1) is 17.9 Å². The number of hydrogen-bond acceptors (Lipinski definition) is 2. The van der Waals surface area contributed by atoms with Gasteiger partial charge in [-0.2, -0.15) is 0 Å². The predicted octanol–water partition coefficient (Wildman–Crippen LogP) is 6.69. The van der Waals surface area contributed by atoms with Crippen molar-refractivity contribution >= 4 is 63.7 Å². The Morgan fingerprint density at radius 2 is 1.19 bits per heavy atom. The zero-order chi connectivity index (χ0) is 15.7. The van der Waals surface area contributed by atoms with Crippen molar-refractivity contribution in [3.63, 3.8) is 0 Å².